The fourth-order valence-corrected chi connectivity index (χ4v) is 2.64. The second-order valence-electron chi connectivity index (χ2n) is 4.57. The second-order valence-corrected chi connectivity index (χ2v) is 5.67. The number of nitriles is 1. The van der Waals surface area contributed by atoms with Crippen molar-refractivity contribution in [3.63, 3.8) is 0 Å². The molecule has 1 aromatic heterocycles. The van der Waals surface area contributed by atoms with Gasteiger partial charge in [-0.15, -0.1) is 4.99 Å². The third-order valence-electron chi connectivity index (χ3n) is 2.88. The molecule has 0 spiro atoms. The summed E-state index contributed by atoms with van der Waals surface area (Å²) >= 11 is 1.81. The van der Waals surface area contributed by atoms with Crippen molar-refractivity contribution in [3.05, 3.63) is 17.7 Å². The molecule has 0 aliphatic heterocycles. The summed E-state index contributed by atoms with van der Waals surface area (Å²) in [4.78, 5) is 8.07. The molecule has 0 aromatic carbocycles. The first-order chi connectivity index (χ1) is 9.60. The van der Waals surface area contributed by atoms with Crippen molar-refractivity contribution in [1.82, 2.24) is 20.2 Å². The van der Waals surface area contributed by atoms with Crippen molar-refractivity contribution in [2.45, 2.75) is 32.6 Å². The lowest BCUT2D eigenvalue weighted by molar-refractivity contribution is 0.585. The molecule has 0 saturated carbocycles. The molecule has 0 amide bonds. The normalized spacial score (nSPS) is 11.5. The van der Waals surface area contributed by atoms with Crippen LogP contribution in [0.4, 0.5) is 0 Å². The van der Waals surface area contributed by atoms with E-state index in [1.165, 1.54) is 5.69 Å². The maximum Gasteiger partial charge on any atom is 0.209 e. The SMILES string of the molecule is CN/C(=N/C#N)NCCSCc1ncn(C(C)C)c1C. The summed E-state index contributed by atoms with van der Waals surface area (Å²) < 4.78 is 2.19. The van der Waals surface area contributed by atoms with E-state index < -0.39 is 0 Å². The molecule has 0 bridgehead atoms. The Bertz CT molecular complexity index is 486. The summed E-state index contributed by atoms with van der Waals surface area (Å²) in [5, 5.41) is 14.4. The van der Waals surface area contributed by atoms with Crippen LogP contribution in [0.1, 0.15) is 31.3 Å². The molecular weight excluding hydrogens is 272 g/mol. The van der Waals surface area contributed by atoms with Gasteiger partial charge in [0.15, 0.2) is 0 Å². The summed E-state index contributed by atoms with van der Waals surface area (Å²) in [7, 11) is 1.73. The lowest BCUT2D eigenvalue weighted by Gasteiger charge is -2.09. The van der Waals surface area contributed by atoms with E-state index in [1.807, 2.05) is 18.1 Å². The maximum absolute atomic E-state index is 8.46. The molecule has 110 valence electrons. The van der Waals surface area contributed by atoms with Crippen LogP contribution in [0.2, 0.25) is 0 Å². The molecule has 20 heavy (non-hydrogen) atoms. The quantitative estimate of drug-likeness (QED) is 0.361. The van der Waals surface area contributed by atoms with Crippen LogP contribution < -0.4 is 10.6 Å². The van der Waals surface area contributed by atoms with E-state index in [0.29, 0.717) is 12.0 Å². The minimum Gasteiger partial charge on any atom is -0.359 e. The monoisotopic (exact) mass is 294 g/mol. The van der Waals surface area contributed by atoms with Gasteiger partial charge in [0.05, 0.1) is 12.0 Å². The lowest BCUT2D eigenvalue weighted by atomic mass is 10.3. The maximum atomic E-state index is 8.46. The van der Waals surface area contributed by atoms with Crippen LogP contribution in [0.3, 0.4) is 0 Å². The van der Waals surface area contributed by atoms with Gasteiger partial charge in [0, 0.05) is 36.8 Å². The van der Waals surface area contributed by atoms with E-state index in [2.05, 4.69) is 45.9 Å². The molecule has 0 atom stereocenters. The van der Waals surface area contributed by atoms with Crippen LogP contribution in [0.5, 0.6) is 0 Å². The van der Waals surface area contributed by atoms with Gasteiger partial charge in [0.1, 0.15) is 0 Å². The smallest absolute Gasteiger partial charge is 0.209 e. The lowest BCUT2D eigenvalue weighted by Crippen LogP contribution is -2.35. The van der Waals surface area contributed by atoms with E-state index in [4.69, 9.17) is 5.26 Å². The average Bonchev–Trinajstić information content (AvgIpc) is 2.78. The molecular formula is C13H22N6S. The number of aliphatic imine (C=N–C) groups is 1. The minimum atomic E-state index is 0.447. The summed E-state index contributed by atoms with van der Waals surface area (Å²) in [6, 6.07) is 0.447. The molecule has 0 saturated heterocycles. The van der Waals surface area contributed by atoms with Crippen LogP contribution in [0.25, 0.3) is 0 Å². The Morgan fingerprint density at radius 2 is 2.35 bits per heavy atom. The van der Waals surface area contributed by atoms with Gasteiger partial charge in [-0.25, -0.2) is 4.98 Å². The highest BCUT2D eigenvalue weighted by atomic mass is 32.2. The molecule has 0 aliphatic carbocycles. The van der Waals surface area contributed by atoms with Gasteiger partial charge in [-0.1, -0.05) is 0 Å². The zero-order chi connectivity index (χ0) is 15.0. The number of guanidine groups is 1. The predicted molar refractivity (Wildman–Crippen MR) is 83.6 cm³/mol. The van der Waals surface area contributed by atoms with Crippen molar-refractivity contribution in [1.29, 1.82) is 5.26 Å². The molecule has 2 N–H and O–H groups in total. The van der Waals surface area contributed by atoms with E-state index in [-0.39, 0.29) is 0 Å². The van der Waals surface area contributed by atoms with Crippen molar-refractivity contribution < 1.29 is 0 Å². The van der Waals surface area contributed by atoms with Crippen molar-refractivity contribution in [2.24, 2.45) is 4.99 Å². The number of rotatable bonds is 6. The van der Waals surface area contributed by atoms with Gasteiger partial charge in [0.25, 0.3) is 0 Å². The van der Waals surface area contributed by atoms with Crippen LogP contribution in [-0.2, 0) is 5.75 Å². The molecule has 7 heteroatoms. The van der Waals surface area contributed by atoms with Gasteiger partial charge in [-0.2, -0.15) is 17.0 Å². The molecule has 0 fully saturated rings. The number of thioether (sulfide) groups is 1. The minimum absolute atomic E-state index is 0.447. The zero-order valence-corrected chi connectivity index (χ0v) is 13.3. The Balaban J connectivity index is 2.32. The number of hydrogen-bond acceptors (Lipinski definition) is 4. The van der Waals surface area contributed by atoms with Gasteiger partial charge >= 0.3 is 0 Å². The van der Waals surface area contributed by atoms with Gasteiger partial charge < -0.3 is 15.2 Å². The Morgan fingerprint density at radius 3 is 2.90 bits per heavy atom. The fourth-order valence-electron chi connectivity index (χ4n) is 1.77. The Morgan fingerprint density at radius 1 is 1.60 bits per heavy atom. The number of hydrogen-bond donors (Lipinski definition) is 2. The zero-order valence-electron chi connectivity index (χ0n) is 12.5. The Hall–Kier alpha value is -1.68. The van der Waals surface area contributed by atoms with E-state index in [9.17, 15) is 0 Å². The standard InChI is InChI=1S/C13H22N6S/c1-10(2)19-9-18-12(11(19)3)7-20-6-5-16-13(15-4)17-8-14/h9-10H,5-7H2,1-4H3,(H2,15,16,17). The van der Waals surface area contributed by atoms with Crippen LogP contribution in [0.15, 0.2) is 11.3 Å². The number of imidazole rings is 1. The highest BCUT2D eigenvalue weighted by Crippen LogP contribution is 2.17. The van der Waals surface area contributed by atoms with Crippen LogP contribution >= 0.6 is 11.8 Å². The number of nitrogens with zero attached hydrogens (tertiary/aromatic N) is 4. The van der Waals surface area contributed by atoms with E-state index in [1.54, 1.807) is 13.2 Å². The molecule has 1 aromatic rings. The number of aromatic nitrogens is 2. The van der Waals surface area contributed by atoms with Crippen LogP contribution in [0, 0.1) is 18.4 Å². The average molecular weight is 294 g/mol. The van der Waals surface area contributed by atoms with Crippen LogP contribution in [-0.4, -0.2) is 34.9 Å². The summed E-state index contributed by atoms with van der Waals surface area (Å²) in [5.41, 5.74) is 2.38. The summed E-state index contributed by atoms with van der Waals surface area (Å²) in [6.45, 7) is 7.18. The first-order valence-corrected chi connectivity index (χ1v) is 7.74. The van der Waals surface area contributed by atoms with Gasteiger partial charge in [-0.05, 0) is 20.8 Å². The topological polar surface area (TPSA) is 78.0 Å². The largest absolute Gasteiger partial charge is 0.359 e. The van der Waals surface area contributed by atoms with E-state index in [0.717, 1.165) is 23.7 Å². The highest BCUT2D eigenvalue weighted by molar-refractivity contribution is 7.98. The first kappa shape index (κ1) is 16.4. The first-order valence-electron chi connectivity index (χ1n) is 6.58. The molecule has 0 aliphatic rings. The van der Waals surface area contributed by atoms with E-state index >= 15 is 0 Å². The second kappa shape index (κ2) is 8.48. The van der Waals surface area contributed by atoms with Gasteiger partial charge in [-0.3, -0.25) is 0 Å². The van der Waals surface area contributed by atoms with Crippen molar-refractivity contribution in [3.8, 4) is 6.19 Å². The highest BCUT2D eigenvalue weighted by Gasteiger charge is 2.08. The van der Waals surface area contributed by atoms with Gasteiger partial charge in [0.2, 0.25) is 12.2 Å². The molecule has 1 rings (SSSR count). The van der Waals surface area contributed by atoms with Crippen molar-refractivity contribution >= 4 is 17.7 Å². The predicted octanol–water partition coefficient (Wildman–Crippen LogP) is 1.65. The fraction of sp³-hybridized carbons (Fsp3) is 0.615. The Labute approximate surface area is 124 Å². The molecule has 0 radical (unpaired) electrons. The molecule has 1 heterocycles. The molecule has 6 nitrogen and oxygen atoms in total. The van der Waals surface area contributed by atoms with Crippen molar-refractivity contribution in [2.75, 3.05) is 19.3 Å². The third kappa shape index (κ3) is 4.78. The summed E-state index contributed by atoms with van der Waals surface area (Å²) in [6.07, 6.45) is 3.66. The Kier molecular flexibility index (Phi) is 6.94. The molecule has 0 unspecified atom stereocenters. The summed E-state index contributed by atoms with van der Waals surface area (Å²) in [5.74, 6) is 2.34. The number of nitrogens with one attached hydrogen (secondary N) is 2. The third-order valence-corrected chi connectivity index (χ3v) is 3.85.